The minimum absolute atomic E-state index is 0.342. The quantitative estimate of drug-likeness (QED) is 0.582. The van der Waals surface area contributed by atoms with E-state index in [0.717, 1.165) is 8.87 Å². The molecule has 5 atom stereocenters. The van der Waals surface area contributed by atoms with Gasteiger partial charge in [-0.05, 0) is 0 Å². The molecule has 3 N–H and O–H groups in total. The van der Waals surface area contributed by atoms with Crippen LogP contribution in [0.1, 0.15) is 13.8 Å². The van der Waals surface area contributed by atoms with Crippen LogP contribution in [-0.2, 0) is 10.9 Å². The SMILES string of the molecule is C[CH2][Sn]1([CH2]C)[O][C@@H]2[C@H](O)[C@@H](CO)O[C@@H](O)[C@H]2[O]1. The molecular weight excluding hydrogens is 335 g/mol. The van der Waals surface area contributed by atoms with Crippen molar-refractivity contribution >= 4 is 19.2 Å². The Kier molecular flexibility index (Phi) is 4.34. The van der Waals surface area contributed by atoms with Crippen molar-refractivity contribution in [2.24, 2.45) is 0 Å². The molecule has 0 aromatic carbocycles. The monoisotopic (exact) mass is 356 g/mol. The van der Waals surface area contributed by atoms with Crippen LogP contribution in [0.15, 0.2) is 0 Å². The molecule has 2 heterocycles. The fraction of sp³-hybridized carbons (Fsp3) is 1.00. The topological polar surface area (TPSA) is 88.4 Å². The molecule has 0 aromatic rings. The van der Waals surface area contributed by atoms with Crippen LogP contribution in [-0.4, -0.2) is 71.8 Å². The third-order valence-corrected chi connectivity index (χ3v) is 13.8. The van der Waals surface area contributed by atoms with E-state index in [1.807, 2.05) is 13.8 Å². The molecular formula is C10H20O6Sn. The second kappa shape index (κ2) is 5.28. The van der Waals surface area contributed by atoms with E-state index in [9.17, 15) is 10.2 Å². The van der Waals surface area contributed by atoms with Crippen LogP contribution in [0.5, 0.6) is 0 Å². The Morgan fingerprint density at radius 2 is 1.65 bits per heavy atom. The molecule has 0 spiro atoms. The number of fused-ring (bicyclic) bond motifs is 1. The summed E-state index contributed by atoms with van der Waals surface area (Å²) < 4.78 is 18.6. The molecule has 0 saturated carbocycles. The Bertz CT molecular complexity index is 272. The molecule has 0 amide bonds. The van der Waals surface area contributed by atoms with E-state index in [4.69, 9.17) is 16.0 Å². The van der Waals surface area contributed by atoms with Gasteiger partial charge in [0.25, 0.3) is 0 Å². The van der Waals surface area contributed by atoms with Gasteiger partial charge in [0.05, 0.1) is 0 Å². The summed E-state index contributed by atoms with van der Waals surface area (Å²) in [7, 11) is 0. The van der Waals surface area contributed by atoms with E-state index >= 15 is 0 Å². The van der Waals surface area contributed by atoms with Gasteiger partial charge in [0.15, 0.2) is 0 Å². The van der Waals surface area contributed by atoms with Gasteiger partial charge in [-0.25, -0.2) is 0 Å². The van der Waals surface area contributed by atoms with Gasteiger partial charge in [-0.1, -0.05) is 0 Å². The molecule has 2 saturated heterocycles. The van der Waals surface area contributed by atoms with E-state index in [1.54, 1.807) is 0 Å². The van der Waals surface area contributed by atoms with Crippen molar-refractivity contribution in [2.45, 2.75) is 53.4 Å². The number of hydrogen-bond donors (Lipinski definition) is 3. The zero-order chi connectivity index (χ0) is 12.6. The minimum atomic E-state index is -3.11. The van der Waals surface area contributed by atoms with Gasteiger partial charge < -0.3 is 0 Å². The van der Waals surface area contributed by atoms with Crippen molar-refractivity contribution in [3.05, 3.63) is 0 Å². The molecule has 0 unspecified atom stereocenters. The zero-order valence-corrected chi connectivity index (χ0v) is 12.9. The van der Waals surface area contributed by atoms with Crippen molar-refractivity contribution in [1.29, 1.82) is 0 Å². The first kappa shape index (κ1) is 14.0. The standard InChI is InChI=1S/C6H10O6.2C2H5.Sn/c7-1-2-3(8)4(9)5(10)6(11)12-2;2*1-2;/h2-8,11H,1H2;2*1H2,2H3;/q-2;;;+2/t2-,3-,4-,5+,6-;;;/m1.../s1. The summed E-state index contributed by atoms with van der Waals surface area (Å²) in [5, 5.41) is 28.9. The molecule has 100 valence electrons. The molecule has 0 aromatic heterocycles. The van der Waals surface area contributed by atoms with Gasteiger partial charge in [-0.3, -0.25) is 0 Å². The molecule has 17 heavy (non-hydrogen) atoms. The van der Waals surface area contributed by atoms with Crippen molar-refractivity contribution in [1.82, 2.24) is 0 Å². The van der Waals surface area contributed by atoms with Crippen LogP contribution in [0.3, 0.4) is 0 Å². The maximum absolute atomic E-state index is 10.0. The van der Waals surface area contributed by atoms with Crippen molar-refractivity contribution in [3.8, 4) is 0 Å². The molecule has 2 aliphatic rings. The maximum atomic E-state index is 10.0. The summed E-state index contributed by atoms with van der Waals surface area (Å²) in [4.78, 5) is 0. The van der Waals surface area contributed by atoms with Gasteiger partial charge in [0, 0.05) is 0 Å². The Labute approximate surface area is 105 Å². The summed E-state index contributed by atoms with van der Waals surface area (Å²) in [6.07, 6.45) is -4.04. The molecule has 2 fully saturated rings. The van der Waals surface area contributed by atoms with Crippen LogP contribution in [0, 0.1) is 0 Å². The number of hydrogen-bond acceptors (Lipinski definition) is 6. The average Bonchev–Trinajstić information content (AvgIpc) is 2.75. The van der Waals surface area contributed by atoms with Crippen LogP contribution in [0.4, 0.5) is 0 Å². The Hall–Kier alpha value is 0.559. The molecule has 0 radical (unpaired) electrons. The first-order chi connectivity index (χ1) is 8.06. The number of rotatable bonds is 3. The molecule has 6 nitrogen and oxygen atoms in total. The summed E-state index contributed by atoms with van der Waals surface area (Å²) in [6, 6.07) is 0. The van der Waals surface area contributed by atoms with E-state index < -0.39 is 49.9 Å². The zero-order valence-electron chi connectivity index (χ0n) is 10.1. The van der Waals surface area contributed by atoms with E-state index in [2.05, 4.69) is 0 Å². The third-order valence-electron chi connectivity index (χ3n) is 3.60. The molecule has 0 bridgehead atoms. The summed E-state index contributed by atoms with van der Waals surface area (Å²) >= 11 is -3.11. The predicted molar refractivity (Wildman–Crippen MR) is 60.4 cm³/mol. The first-order valence-corrected chi connectivity index (χ1v) is 12.4. The van der Waals surface area contributed by atoms with Gasteiger partial charge in [0.2, 0.25) is 0 Å². The molecule has 2 aliphatic heterocycles. The van der Waals surface area contributed by atoms with E-state index in [-0.39, 0.29) is 6.61 Å². The summed E-state index contributed by atoms with van der Waals surface area (Å²) in [5.74, 6) is 0. The Morgan fingerprint density at radius 3 is 2.18 bits per heavy atom. The van der Waals surface area contributed by atoms with Gasteiger partial charge in [-0.15, -0.1) is 0 Å². The van der Waals surface area contributed by atoms with Crippen molar-refractivity contribution in [3.63, 3.8) is 0 Å². The molecule has 7 heteroatoms. The molecule has 0 aliphatic carbocycles. The van der Waals surface area contributed by atoms with E-state index in [0.29, 0.717) is 0 Å². The number of aliphatic hydroxyl groups is 3. The predicted octanol–water partition coefficient (Wildman–Crippen LogP) is -0.677. The average molecular weight is 355 g/mol. The second-order valence-electron chi connectivity index (χ2n) is 4.52. The van der Waals surface area contributed by atoms with Crippen molar-refractivity contribution < 1.29 is 26.2 Å². The van der Waals surface area contributed by atoms with E-state index in [1.165, 1.54) is 0 Å². The van der Waals surface area contributed by atoms with Gasteiger partial charge in [0.1, 0.15) is 0 Å². The fourth-order valence-electron chi connectivity index (χ4n) is 2.43. The van der Waals surface area contributed by atoms with Gasteiger partial charge >= 0.3 is 105 Å². The normalized spacial score (nSPS) is 44.6. The van der Waals surface area contributed by atoms with Gasteiger partial charge in [-0.2, -0.15) is 0 Å². The summed E-state index contributed by atoms with van der Waals surface area (Å²) in [6.45, 7) is 3.69. The first-order valence-electron chi connectivity index (χ1n) is 6.05. The second-order valence-corrected chi connectivity index (χ2v) is 15.1. The fourth-order valence-corrected chi connectivity index (χ4v) is 10.2. The van der Waals surface area contributed by atoms with Crippen LogP contribution < -0.4 is 0 Å². The van der Waals surface area contributed by atoms with Crippen molar-refractivity contribution in [2.75, 3.05) is 6.61 Å². The summed E-state index contributed by atoms with van der Waals surface area (Å²) in [5.41, 5.74) is 0. The molecule has 2 rings (SSSR count). The van der Waals surface area contributed by atoms with Crippen LogP contribution in [0.25, 0.3) is 0 Å². The Balaban J connectivity index is 2.17. The van der Waals surface area contributed by atoms with Crippen LogP contribution in [0.2, 0.25) is 8.87 Å². The van der Waals surface area contributed by atoms with Crippen LogP contribution >= 0.6 is 0 Å². The number of ether oxygens (including phenoxy) is 1. The number of aliphatic hydroxyl groups excluding tert-OH is 3. The third kappa shape index (κ3) is 2.36. The Morgan fingerprint density at radius 1 is 1.06 bits per heavy atom.